The number of ether oxygens (including phenoxy) is 1. The number of aliphatic carboxylic acids is 1. The molecule has 2 aromatic rings. The van der Waals surface area contributed by atoms with E-state index in [0.717, 1.165) is 5.56 Å². The topological polar surface area (TPSA) is 78.9 Å². The van der Waals surface area contributed by atoms with Gasteiger partial charge in [-0.2, -0.15) is 0 Å². The second-order valence-corrected chi connectivity index (χ2v) is 6.54. The maximum absolute atomic E-state index is 13.4. The molecule has 0 bridgehead atoms. The maximum Gasteiger partial charge on any atom is 0.306 e. The number of nitrogens with zero attached hydrogens (tertiary/aromatic N) is 1. The smallest absolute Gasteiger partial charge is 0.306 e. The van der Waals surface area contributed by atoms with Gasteiger partial charge in [0.2, 0.25) is 0 Å². The van der Waals surface area contributed by atoms with Crippen molar-refractivity contribution in [1.29, 1.82) is 0 Å². The summed E-state index contributed by atoms with van der Waals surface area (Å²) >= 11 is 5.26. The fourth-order valence-electron chi connectivity index (χ4n) is 3.10. The highest BCUT2D eigenvalue weighted by Crippen LogP contribution is 2.37. The Morgan fingerprint density at radius 1 is 1.25 bits per heavy atom. The van der Waals surface area contributed by atoms with Crippen LogP contribution in [0.5, 0.6) is 5.75 Å². The van der Waals surface area contributed by atoms with Crippen LogP contribution in [0.4, 0.5) is 4.39 Å². The van der Waals surface area contributed by atoms with Crippen LogP contribution in [0, 0.1) is 5.82 Å². The van der Waals surface area contributed by atoms with E-state index in [0.29, 0.717) is 11.3 Å². The predicted molar refractivity (Wildman–Crippen MR) is 105 cm³/mol. The lowest BCUT2D eigenvalue weighted by Crippen LogP contribution is -2.46. The van der Waals surface area contributed by atoms with E-state index in [1.165, 1.54) is 29.2 Å². The van der Waals surface area contributed by atoms with Crippen molar-refractivity contribution in [2.75, 3.05) is 7.11 Å². The molecule has 6 nitrogen and oxygen atoms in total. The molecule has 2 aromatic carbocycles. The van der Waals surface area contributed by atoms with Gasteiger partial charge >= 0.3 is 5.97 Å². The van der Waals surface area contributed by atoms with Crippen LogP contribution in [0.1, 0.15) is 17.5 Å². The number of hydrogen-bond donors (Lipinski definition) is 2. The van der Waals surface area contributed by atoms with Crippen molar-refractivity contribution in [3.8, 4) is 5.75 Å². The number of carboxylic acids is 1. The highest BCUT2D eigenvalue weighted by atomic mass is 32.1. The van der Waals surface area contributed by atoms with Gasteiger partial charge in [0.05, 0.1) is 13.5 Å². The predicted octanol–water partition coefficient (Wildman–Crippen LogP) is 2.89. The van der Waals surface area contributed by atoms with E-state index < -0.39 is 29.7 Å². The number of methoxy groups -OCH3 is 1. The van der Waals surface area contributed by atoms with E-state index in [9.17, 15) is 19.1 Å². The molecule has 8 heteroatoms. The molecule has 144 valence electrons. The van der Waals surface area contributed by atoms with Crippen molar-refractivity contribution in [3.05, 3.63) is 71.7 Å². The molecular weight excluding hydrogens is 383 g/mol. The fourth-order valence-corrected chi connectivity index (χ4v) is 3.41. The van der Waals surface area contributed by atoms with E-state index in [2.05, 4.69) is 5.32 Å². The molecule has 28 heavy (non-hydrogen) atoms. The molecule has 1 fully saturated rings. The van der Waals surface area contributed by atoms with Crippen molar-refractivity contribution in [3.63, 3.8) is 0 Å². The number of halogens is 1. The first kappa shape index (κ1) is 19.5. The minimum Gasteiger partial charge on any atom is -0.497 e. The Balaban J connectivity index is 2.05. The lowest BCUT2D eigenvalue weighted by atomic mass is 9.85. The second kappa shape index (κ2) is 7.77. The number of benzene rings is 2. The SMILES string of the molecule is COc1ccc(/C=C\N2C(=S)NC(=O)C2(CC(=O)O)c2ccc(F)cc2)cc1. The molecule has 1 saturated heterocycles. The quantitative estimate of drug-likeness (QED) is 0.726. The summed E-state index contributed by atoms with van der Waals surface area (Å²) in [4.78, 5) is 25.8. The van der Waals surface area contributed by atoms with E-state index in [1.807, 2.05) is 0 Å². The van der Waals surface area contributed by atoms with Crippen LogP contribution in [0.25, 0.3) is 6.08 Å². The molecule has 1 aliphatic rings. The number of thiocarbonyl (C=S) groups is 1. The maximum atomic E-state index is 13.4. The minimum atomic E-state index is -1.61. The van der Waals surface area contributed by atoms with Gasteiger partial charge < -0.3 is 20.1 Å². The van der Waals surface area contributed by atoms with Gasteiger partial charge in [0.25, 0.3) is 5.91 Å². The Kier molecular flexibility index (Phi) is 5.41. The largest absolute Gasteiger partial charge is 0.497 e. The van der Waals surface area contributed by atoms with E-state index in [-0.39, 0.29) is 5.11 Å². The van der Waals surface area contributed by atoms with Crippen molar-refractivity contribution in [1.82, 2.24) is 10.2 Å². The Morgan fingerprint density at radius 2 is 1.89 bits per heavy atom. The number of carbonyl (C=O) groups excluding carboxylic acids is 1. The van der Waals surface area contributed by atoms with Gasteiger partial charge in [-0.25, -0.2) is 4.39 Å². The first-order chi connectivity index (χ1) is 13.4. The molecule has 0 saturated carbocycles. The van der Waals surface area contributed by atoms with Gasteiger partial charge in [-0.05, 0) is 53.7 Å². The van der Waals surface area contributed by atoms with Gasteiger partial charge in [0.1, 0.15) is 11.6 Å². The Hall–Kier alpha value is -3.26. The summed E-state index contributed by atoms with van der Waals surface area (Å²) in [5, 5.41) is 12.0. The van der Waals surface area contributed by atoms with Crippen LogP contribution in [-0.2, 0) is 15.1 Å². The van der Waals surface area contributed by atoms with Gasteiger partial charge in [0, 0.05) is 6.20 Å². The zero-order valence-electron chi connectivity index (χ0n) is 14.9. The number of nitrogens with one attached hydrogen (secondary N) is 1. The van der Waals surface area contributed by atoms with Crippen molar-refractivity contribution >= 4 is 35.3 Å². The van der Waals surface area contributed by atoms with Gasteiger partial charge in [0.15, 0.2) is 10.7 Å². The van der Waals surface area contributed by atoms with Gasteiger partial charge in [-0.3, -0.25) is 9.59 Å². The molecule has 2 N–H and O–H groups in total. The molecule has 0 aromatic heterocycles. The lowest BCUT2D eigenvalue weighted by molar-refractivity contribution is -0.143. The Morgan fingerprint density at radius 3 is 2.46 bits per heavy atom. The summed E-state index contributed by atoms with van der Waals surface area (Å²) in [5.41, 5.74) is -0.487. The second-order valence-electron chi connectivity index (χ2n) is 6.16. The van der Waals surface area contributed by atoms with Gasteiger partial charge in [-0.15, -0.1) is 0 Å². The number of hydrogen-bond acceptors (Lipinski definition) is 4. The van der Waals surface area contributed by atoms with Crippen LogP contribution in [0.3, 0.4) is 0 Å². The number of rotatable bonds is 6. The zero-order chi connectivity index (χ0) is 20.3. The summed E-state index contributed by atoms with van der Waals surface area (Å²) in [7, 11) is 1.56. The van der Waals surface area contributed by atoms with Crippen LogP contribution >= 0.6 is 12.2 Å². The van der Waals surface area contributed by atoms with Crippen molar-refractivity contribution < 1.29 is 23.8 Å². The average Bonchev–Trinajstić information content (AvgIpc) is 2.90. The van der Waals surface area contributed by atoms with E-state index >= 15 is 0 Å². The third kappa shape index (κ3) is 3.59. The first-order valence-electron chi connectivity index (χ1n) is 8.31. The van der Waals surface area contributed by atoms with E-state index in [4.69, 9.17) is 17.0 Å². The third-order valence-electron chi connectivity index (χ3n) is 4.49. The third-order valence-corrected chi connectivity index (χ3v) is 4.79. The molecule has 3 rings (SSSR count). The molecule has 1 amide bonds. The van der Waals surface area contributed by atoms with Gasteiger partial charge in [-0.1, -0.05) is 24.3 Å². The highest BCUT2D eigenvalue weighted by molar-refractivity contribution is 7.80. The number of amides is 1. The van der Waals surface area contributed by atoms with Crippen LogP contribution in [-0.4, -0.2) is 34.1 Å². The highest BCUT2D eigenvalue weighted by Gasteiger charge is 2.53. The Bertz CT molecular complexity index is 944. The molecule has 1 heterocycles. The average molecular weight is 400 g/mol. The van der Waals surface area contributed by atoms with Crippen molar-refractivity contribution in [2.45, 2.75) is 12.0 Å². The van der Waals surface area contributed by atoms with Crippen LogP contribution < -0.4 is 10.1 Å². The molecule has 1 atom stereocenters. The first-order valence-corrected chi connectivity index (χ1v) is 8.72. The van der Waals surface area contributed by atoms with Crippen molar-refractivity contribution in [2.24, 2.45) is 0 Å². The van der Waals surface area contributed by atoms with Crippen LogP contribution in [0.15, 0.2) is 54.7 Å². The molecule has 0 spiro atoms. The van der Waals surface area contributed by atoms with E-state index in [1.54, 1.807) is 43.7 Å². The summed E-state index contributed by atoms with van der Waals surface area (Å²) in [5.74, 6) is -1.56. The zero-order valence-corrected chi connectivity index (χ0v) is 15.7. The lowest BCUT2D eigenvalue weighted by Gasteiger charge is -2.33. The number of carbonyl (C=O) groups is 2. The normalized spacial score (nSPS) is 19.1. The summed E-state index contributed by atoms with van der Waals surface area (Å²) in [6.45, 7) is 0. The molecule has 1 aliphatic heterocycles. The standard InChI is InChI=1S/C20H17FN2O4S/c1-27-16-8-2-13(3-9-16)10-11-23-19(28)22-18(26)20(23,12-17(24)25)14-4-6-15(21)7-5-14/h2-11H,12H2,1H3,(H,24,25)(H,22,26,28)/b11-10-. The molecule has 1 unspecified atom stereocenters. The fraction of sp³-hybridized carbons (Fsp3) is 0.150. The van der Waals surface area contributed by atoms with Crippen LogP contribution in [0.2, 0.25) is 0 Å². The monoisotopic (exact) mass is 400 g/mol. The Labute approximate surface area is 166 Å². The summed E-state index contributed by atoms with van der Waals surface area (Å²) in [6.07, 6.45) is 2.71. The number of carboxylic acid groups (broad SMARTS) is 1. The molecule has 0 radical (unpaired) electrons. The minimum absolute atomic E-state index is 0.0698. The summed E-state index contributed by atoms with van der Waals surface area (Å²) in [6, 6.07) is 12.3. The summed E-state index contributed by atoms with van der Waals surface area (Å²) < 4.78 is 18.5. The molecular formula is C20H17FN2O4S. The molecule has 0 aliphatic carbocycles.